The van der Waals surface area contributed by atoms with Gasteiger partial charge in [-0.05, 0) is 61.4 Å². The van der Waals surface area contributed by atoms with E-state index >= 15 is 0 Å². The second-order valence-corrected chi connectivity index (χ2v) is 8.89. The van der Waals surface area contributed by atoms with Crippen molar-refractivity contribution in [3.63, 3.8) is 0 Å². The minimum atomic E-state index is -4.72. The molecule has 3 rings (SSSR count). The molecule has 1 atom stereocenters. The van der Waals surface area contributed by atoms with Gasteiger partial charge >= 0.3 is 7.82 Å². The summed E-state index contributed by atoms with van der Waals surface area (Å²) in [5.41, 5.74) is 8.04. The first kappa shape index (κ1) is 23.7. The first-order chi connectivity index (χ1) is 15.0. The number of nitrogens with two attached hydrogens (primary N) is 1. The topological polar surface area (TPSA) is 131 Å². The molecule has 0 aliphatic rings. The fourth-order valence-corrected chi connectivity index (χ4v) is 3.20. The molecule has 8 nitrogen and oxygen atoms in total. The Morgan fingerprint density at radius 2 is 1.41 bits per heavy atom. The molecule has 32 heavy (non-hydrogen) atoms. The molecule has 0 saturated heterocycles. The van der Waals surface area contributed by atoms with Crippen molar-refractivity contribution in [1.29, 1.82) is 0 Å². The van der Waals surface area contributed by atoms with E-state index in [1.807, 2.05) is 31.2 Å². The molecule has 0 heterocycles. The van der Waals surface area contributed by atoms with E-state index in [9.17, 15) is 9.36 Å². The first-order valence-corrected chi connectivity index (χ1v) is 11.3. The summed E-state index contributed by atoms with van der Waals surface area (Å²) in [5, 5.41) is 2.59. The number of carbonyl (C=O) groups is 1. The summed E-state index contributed by atoms with van der Waals surface area (Å²) >= 11 is 0. The largest absolute Gasteiger partial charge is 0.469 e. The van der Waals surface area contributed by atoms with Crippen LogP contribution in [0.5, 0.6) is 11.5 Å². The molecule has 5 N–H and O–H groups in total. The number of hydrogen-bond acceptors (Lipinski definition) is 5. The molecule has 0 aliphatic heterocycles. The Morgan fingerprint density at radius 1 is 0.938 bits per heavy atom. The number of benzene rings is 3. The third kappa shape index (κ3) is 6.75. The van der Waals surface area contributed by atoms with E-state index in [0.717, 1.165) is 11.1 Å². The Bertz CT molecular complexity index is 1110. The lowest BCUT2D eigenvalue weighted by Crippen LogP contribution is -2.52. The van der Waals surface area contributed by atoms with Gasteiger partial charge in [-0.1, -0.05) is 42.0 Å². The molecule has 0 bridgehead atoms. The number of nitrogens with one attached hydrogen (secondary N) is 1. The van der Waals surface area contributed by atoms with Crippen LogP contribution in [0.4, 0.5) is 5.69 Å². The van der Waals surface area contributed by atoms with Crippen LogP contribution in [0.25, 0.3) is 11.1 Å². The van der Waals surface area contributed by atoms with Crippen LogP contribution in [0, 0.1) is 6.92 Å². The maximum Gasteiger partial charge on any atom is 0.469 e. The van der Waals surface area contributed by atoms with Crippen LogP contribution in [0.15, 0.2) is 72.8 Å². The monoisotopic (exact) mass is 456 g/mol. The third-order valence-electron chi connectivity index (χ3n) is 4.64. The lowest BCUT2D eigenvalue weighted by Gasteiger charge is -2.23. The molecule has 0 radical (unpaired) electrons. The van der Waals surface area contributed by atoms with Gasteiger partial charge < -0.3 is 25.6 Å². The molecule has 0 unspecified atom stereocenters. The number of ether oxygens (including phenoxy) is 1. The minimum absolute atomic E-state index is 0.449. The van der Waals surface area contributed by atoms with Crippen LogP contribution in [-0.4, -0.2) is 27.8 Å². The molecule has 9 heteroatoms. The maximum absolute atomic E-state index is 12.3. The van der Waals surface area contributed by atoms with Gasteiger partial charge in [0.25, 0.3) is 0 Å². The highest BCUT2D eigenvalue weighted by Crippen LogP contribution is 2.36. The quantitative estimate of drug-likeness (QED) is 0.373. The van der Waals surface area contributed by atoms with E-state index in [1.54, 1.807) is 24.3 Å². The lowest BCUT2D eigenvalue weighted by molar-refractivity contribution is -0.121. The van der Waals surface area contributed by atoms with Gasteiger partial charge in [0.15, 0.2) is 0 Å². The molecule has 0 spiro atoms. The molecule has 0 saturated carbocycles. The molecular formula is C23H25N2O6P. The number of anilines is 1. The predicted octanol–water partition coefficient (Wildman–Crippen LogP) is 4.22. The zero-order chi connectivity index (χ0) is 23.4. The van der Waals surface area contributed by atoms with E-state index < -0.39 is 25.9 Å². The minimum Gasteiger partial charge on any atom is -0.457 e. The average Bonchev–Trinajstić information content (AvgIpc) is 2.74. The molecule has 168 valence electrons. The van der Waals surface area contributed by atoms with E-state index in [1.165, 1.54) is 12.5 Å². The smallest absolute Gasteiger partial charge is 0.457 e. The Morgan fingerprint density at radius 3 is 1.91 bits per heavy atom. The number of phosphoric acid groups is 1. The molecule has 0 aliphatic carbocycles. The number of hydrogen-bond donors (Lipinski definition) is 4. The molecule has 3 aromatic carbocycles. The van der Waals surface area contributed by atoms with Gasteiger partial charge in [-0.3, -0.25) is 9.32 Å². The fourth-order valence-electron chi connectivity index (χ4n) is 2.76. The van der Waals surface area contributed by atoms with Crippen LogP contribution in [-0.2, 0) is 13.9 Å². The average molecular weight is 456 g/mol. The van der Waals surface area contributed by atoms with Gasteiger partial charge in [0.1, 0.15) is 17.0 Å². The van der Waals surface area contributed by atoms with Crippen LogP contribution in [0.3, 0.4) is 0 Å². The van der Waals surface area contributed by atoms with Gasteiger partial charge in [-0.25, -0.2) is 4.57 Å². The highest BCUT2D eigenvalue weighted by Gasteiger charge is 2.32. The summed E-state index contributed by atoms with van der Waals surface area (Å²) in [6, 6.07) is 22.6. The zero-order valence-corrected chi connectivity index (χ0v) is 18.6. The molecule has 3 aromatic rings. The van der Waals surface area contributed by atoms with Crippen molar-refractivity contribution in [2.45, 2.75) is 19.4 Å². The van der Waals surface area contributed by atoms with E-state index in [0.29, 0.717) is 17.2 Å². The van der Waals surface area contributed by atoms with Crippen molar-refractivity contribution >= 4 is 19.4 Å². The SMILES string of the molecule is Cc1ccc(-c2ccc(Oc3ccc(NC(=O)[C@@](C)(N)COP(=O)(O)O)cc3)cc2)cc1. The number of carbonyl (C=O) groups excluding carboxylic acids is 1. The molecule has 0 aromatic heterocycles. The molecule has 1 amide bonds. The van der Waals surface area contributed by atoms with Crippen LogP contribution >= 0.6 is 7.82 Å². The Labute approximate surface area is 186 Å². The zero-order valence-electron chi connectivity index (χ0n) is 17.7. The van der Waals surface area contributed by atoms with Crippen molar-refractivity contribution in [2.24, 2.45) is 5.73 Å². The summed E-state index contributed by atoms with van der Waals surface area (Å²) in [5.74, 6) is 0.597. The lowest BCUT2D eigenvalue weighted by atomic mass is 10.0. The van der Waals surface area contributed by atoms with Gasteiger partial charge in [-0.15, -0.1) is 0 Å². The number of aryl methyl sites for hydroxylation is 1. The number of phosphoric ester groups is 1. The highest BCUT2D eigenvalue weighted by molar-refractivity contribution is 7.46. The number of amides is 1. The Hall–Kier alpha value is -3.00. The second kappa shape index (κ2) is 9.65. The summed E-state index contributed by atoms with van der Waals surface area (Å²) < 4.78 is 21.0. The Kier molecular flexibility index (Phi) is 7.13. The molecular weight excluding hydrogens is 431 g/mol. The van der Waals surface area contributed by atoms with Crippen LogP contribution < -0.4 is 15.8 Å². The maximum atomic E-state index is 12.3. The first-order valence-electron chi connectivity index (χ1n) is 9.77. The van der Waals surface area contributed by atoms with Gasteiger partial charge in [0.2, 0.25) is 5.91 Å². The van der Waals surface area contributed by atoms with Crippen molar-refractivity contribution in [3.8, 4) is 22.6 Å². The predicted molar refractivity (Wildman–Crippen MR) is 122 cm³/mol. The number of rotatable bonds is 8. The van der Waals surface area contributed by atoms with E-state index in [4.69, 9.17) is 20.3 Å². The van der Waals surface area contributed by atoms with Gasteiger partial charge in [0.05, 0.1) is 6.61 Å². The fraction of sp³-hybridized carbons (Fsp3) is 0.174. The van der Waals surface area contributed by atoms with Gasteiger partial charge in [-0.2, -0.15) is 0 Å². The third-order valence-corrected chi connectivity index (χ3v) is 5.10. The van der Waals surface area contributed by atoms with Gasteiger partial charge in [0, 0.05) is 5.69 Å². The van der Waals surface area contributed by atoms with Crippen molar-refractivity contribution in [3.05, 3.63) is 78.4 Å². The van der Waals surface area contributed by atoms with E-state index in [-0.39, 0.29) is 0 Å². The second-order valence-electron chi connectivity index (χ2n) is 7.65. The Balaban J connectivity index is 1.59. The summed E-state index contributed by atoms with van der Waals surface area (Å²) in [4.78, 5) is 29.8. The van der Waals surface area contributed by atoms with Crippen molar-refractivity contribution < 1.29 is 28.4 Å². The summed E-state index contributed by atoms with van der Waals surface area (Å²) in [6.07, 6.45) is 0. The van der Waals surface area contributed by atoms with E-state index in [2.05, 4.69) is 34.1 Å². The van der Waals surface area contributed by atoms with Crippen LogP contribution in [0.1, 0.15) is 12.5 Å². The van der Waals surface area contributed by atoms with Crippen molar-refractivity contribution in [1.82, 2.24) is 0 Å². The summed E-state index contributed by atoms with van der Waals surface area (Å²) in [7, 11) is -4.72. The highest BCUT2D eigenvalue weighted by atomic mass is 31.2. The van der Waals surface area contributed by atoms with Crippen LogP contribution in [0.2, 0.25) is 0 Å². The van der Waals surface area contributed by atoms with Crippen molar-refractivity contribution in [2.75, 3.05) is 11.9 Å². The standard InChI is InChI=1S/C23H25N2O6P/c1-16-3-5-17(6-4-16)18-7-11-20(12-8-18)31-21-13-9-19(10-14-21)25-22(26)23(2,24)15-30-32(27,28)29/h3-14H,15,24H2,1-2H3,(H,25,26)(H2,27,28,29)/t23-/m0/s1. The normalized spacial score (nSPS) is 13.3. The molecule has 0 fully saturated rings. The summed E-state index contributed by atoms with van der Waals surface area (Å²) in [6.45, 7) is 2.73.